The zero-order valence-electron chi connectivity index (χ0n) is 14.8. The van der Waals surface area contributed by atoms with Gasteiger partial charge in [0, 0.05) is 0 Å². The van der Waals surface area contributed by atoms with Crippen LogP contribution in [0.5, 0.6) is 11.8 Å². The highest BCUT2D eigenvalue weighted by atomic mass is 31.2. The number of nitrogens with zero attached hydrogens (tertiary/aromatic N) is 2. The van der Waals surface area contributed by atoms with Crippen LogP contribution < -0.4 is 15.2 Å². The lowest BCUT2D eigenvalue weighted by Crippen LogP contribution is -2.26. The van der Waals surface area contributed by atoms with Crippen LogP contribution in [0, 0.1) is 0 Å². The molecule has 0 aromatic carbocycles. The normalized spacial score (nSPS) is 14.5. The quantitative estimate of drug-likeness (QED) is 0.197. The molecule has 16 heteroatoms. The van der Waals surface area contributed by atoms with Crippen molar-refractivity contribution in [2.45, 2.75) is 19.1 Å². The first kappa shape index (κ1) is 24.7. The number of ether oxygens (including phenoxy) is 4. The molecule has 14 nitrogen and oxygen atoms in total. The highest BCUT2D eigenvalue weighted by molar-refractivity contribution is 7.51. The Hall–Kier alpha value is -1.34. The molecule has 0 spiro atoms. The van der Waals surface area contributed by atoms with Crippen LogP contribution in [0.2, 0.25) is 0 Å². The first-order valence-electron chi connectivity index (χ1n) is 7.71. The van der Waals surface area contributed by atoms with Gasteiger partial charge in [0.2, 0.25) is 17.7 Å². The molecule has 2 atom stereocenters. The first-order chi connectivity index (χ1) is 12.9. The van der Waals surface area contributed by atoms with E-state index in [-0.39, 0.29) is 30.9 Å². The summed E-state index contributed by atoms with van der Waals surface area (Å²) in [4.78, 5) is 42.6. The lowest BCUT2D eigenvalue weighted by molar-refractivity contribution is 0.000371. The number of nitrogen functional groups attached to an aromatic ring is 1. The smallest absolute Gasteiger partial charge is 0.350 e. The molecule has 1 rings (SSSR count). The molecule has 0 amide bonds. The first-order valence-corrected chi connectivity index (χ1v) is 11.3. The third-order valence-electron chi connectivity index (χ3n) is 2.79. The lowest BCUT2D eigenvalue weighted by atomic mass is 10.4. The van der Waals surface area contributed by atoms with Gasteiger partial charge < -0.3 is 49.4 Å². The third kappa shape index (κ3) is 11.5. The Morgan fingerprint density at radius 2 is 1.50 bits per heavy atom. The van der Waals surface area contributed by atoms with Crippen LogP contribution in [0.4, 0.5) is 5.95 Å². The Labute approximate surface area is 159 Å². The molecule has 0 aliphatic heterocycles. The molecule has 1 aromatic rings. The van der Waals surface area contributed by atoms with Crippen molar-refractivity contribution < 1.29 is 52.8 Å². The van der Waals surface area contributed by atoms with Gasteiger partial charge in [0.25, 0.3) is 0 Å². The number of rotatable bonds is 13. The highest BCUT2D eigenvalue weighted by Crippen LogP contribution is 2.35. The monoisotopic (exact) mass is 447 g/mol. The van der Waals surface area contributed by atoms with E-state index in [9.17, 15) is 9.13 Å². The molecule has 162 valence electrons. The van der Waals surface area contributed by atoms with Crippen LogP contribution in [-0.4, -0.2) is 79.4 Å². The standard InChI is InChI=1S/C12H23N3O11P2/c1-8(25-6-27(17,18)19)4-23-10-2-11(15-12(13)14-10)24-5-9(3-16)26-7-28(20,21)22/h2,8-9,16H,3-7H2,1H3,(H2,13,14,15)(H2,17,18,19)(H2,20,21,22)/t8-,9+/m1/s1. The zero-order valence-corrected chi connectivity index (χ0v) is 16.6. The number of aliphatic hydroxyl groups excluding tert-OH is 1. The molecule has 1 aromatic heterocycles. The van der Waals surface area contributed by atoms with Crippen molar-refractivity contribution in [2.75, 3.05) is 38.3 Å². The number of nitrogens with two attached hydrogens (primary N) is 1. The molecular weight excluding hydrogens is 424 g/mol. The summed E-state index contributed by atoms with van der Waals surface area (Å²) in [5.74, 6) is -0.261. The maximum Gasteiger partial charge on any atom is 0.350 e. The van der Waals surface area contributed by atoms with Crippen molar-refractivity contribution in [3.8, 4) is 11.8 Å². The van der Waals surface area contributed by atoms with Crippen LogP contribution in [0.25, 0.3) is 0 Å². The van der Waals surface area contributed by atoms with E-state index in [1.54, 1.807) is 0 Å². The molecule has 0 aliphatic carbocycles. The van der Waals surface area contributed by atoms with E-state index >= 15 is 0 Å². The fourth-order valence-corrected chi connectivity index (χ4v) is 2.43. The minimum Gasteiger partial charge on any atom is -0.475 e. The van der Waals surface area contributed by atoms with E-state index in [4.69, 9.17) is 49.4 Å². The van der Waals surface area contributed by atoms with Gasteiger partial charge >= 0.3 is 15.2 Å². The van der Waals surface area contributed by atoms with E-state index in [0.717, 1.165) is 0 Å². The van der Waals surface area contributed by atoms with Gasteiger partial charge in [-0.05, 0) is 6.92 Å². The summed E-state index contributed by atoms with van der Waals surface area (Å²) in [6, 6.07) is 1.25. The van der Waals surface area contributed by atoms with E-state index in [2.05, 4.69) is 9.97 Å². The van der Waals surface area contributed by atoms with Crippen LogP contribution in [0.15, 0.2) is 6.07 Å². The maximum atomic E-state index is 10.8. The van der Waals surface area contributed by atoms with Crippen LogP contribution >= 0.6 is 15.2 Å². The van der Waals surface area contributed by atoms with Gasteiger partial charge in [-0.2, -0.15) is 9.97 Å². The summed E-state index contributed by atoms with van der Waals surface area (Å²) in [5.41, 5.74) is 5.54. The summed E-state index contributed by atoms with van der Waals surface area (Å²) in [5, 5.41) is 9.15. The fourth-order valence-electron chi connectivity index (χ4n) is 1.58. The molecule has 1 heterocycles. The molecular formula is C12H23N3O11P2. The molecule has 0 aliphatic rings. The average Bonchev–Trinajstić information content (AvgIpc) is 2.56. The van der Waals surface area contributed by atoms with E-state index in [1.807, 2.05) is 0 Å². The lowest BCUT2D eigenvalue weighted by Gasteiger charge is -2.17. The molecule has 0 saturated heterocycles. The second-order valence-corrected chi connectivity index (χ2v) is 8.74. The third-order valence-corrected chi connectivity index (χ3v) is 3.76. The Morgan fingerprint density at radius 1 is 1.00 bits per heavy atom. The van der Waals surface area contributed by atoms with Gasteiger partial charge in [-0.3, -0.25) is 9.13 Å². The summed E-state index contributed by atoms with van der Waals surface area (Å²) >= 11 is 0. The minimum atomic E-state index is -4.39. The largest absolute Gasteiger partial charge is 0.475 e. The predicted octanol–water partition coefficient (Wildman–Crippen LogP) is -1.13. The maximum absolute atomic E-state index is 10.8. The SMILES string of the molecule is C[C@H](COc1cc(OC[C@H](CO)OCP(=O)(O)O)nc(N)n1)OCP(=O)(O)O. The van der Waals surface area contributed by atoms with Gasteiger partial charge in [0.15, 0.2) is 0 Å². The number of hydrogen-bond donors (Lipinski definition) is 6. The van der Waals surface area contributed by atoms with Crippen molar-refractivity contribution in [2.24, 2.45) is 0 Å². The predicted molar refractivity (Wildman–Crippen MR) is 93.8 cm³/mol. The molecule has 0 fully saturated rings. The Balaban J connectivity index is 2.57. The summed E-state index contributed by atoms with van der Waals surface area (Å²) < 4.78 is 41.9. The second-order valence-electron chi connectivity index (χ2n) is 5.56. The Morgan fingerprint density at radius 3 is 2.00 bits per heavy atom. The van der Waals surface area contributed by atoms with Crippen molar-refractivity contribution in [1.29, 1.82) is 0 Å². The number of aliphatic hydroxyl groups is 1. The van der Waals surface area contributed by atoms with Gasteiger partial charge in [-0.25, -0.2) is 0 Å². The number of aromatic nitrogens is 2. The highest BCUT2D eigenvalue weighted by Gasteiger charge is 2.19. The average molecular weight is 447 g/mol. The van der Waals surface area contributed by atoms with E-state index in [0.29, 0.717) is 0 Å². The van der Waals surface area contributed by atoms with Crippen molar-refractivity contribution in [3.05, 3.63) is 6.07 Å². The van der Waals surface area contributed by atoms with Gasteiger partial charge in [-0.1, -0.05) is 0 Å². The summed E-state index contributed by atoms with van der Waals surface area (Å²) in [6.07, 6.45) is -3.31. The van der Waals surface area contributed by atoms with E-state index in [1.165, 1.54) is 13.0 Å². The molecule has 0 bridgehead atoms. The fraction of sp³-hybridized carbons (Fsp3) is 0.667. The molecule has 0 radical (unpaired) electrons. The Kier molecular flexibility index (Phi) is 9.70. The van der Waals surface area contributed by atoms with Crippen LogP contribution in [0.3, 0.4) is 0 Å². The molecule has 28 heavy (non-hydrogen) atoms. The van der Waals surface area contributed by atoms with E-state index < -0.39 is 46.7 Å². The Bertz CT molecular complexity index is 710. The number of hydrogen-bond acceptors (Lipinski definition) is 10. The van der Waals surface area contributed by atoms with Crippen molar-refractivity contribution in [1.82, 2.24) is 9.97 Å². The van der Waals surface area contributed by atoms with Crippen molar-refractivity contribution in [3.63, 3.8) is 0 Å². The summed E-state index contributed by atoms with van der Waals surface area (Å²) in [6.45, 7) is 0.592. The molecule has 7 N–H and O–H groups in total. The molecule has 0 saturated carbocycles. The zero-order chi connectivity index (χ0) is 21.4. The van der Waals surface area contributed by atoms with Gasteiger partial charge in [0.05, 0.1) is 18.8 Å². The number of anilines is 1. The topological polar surface area (TPSA) is 224 Å². The van der Waals surface area contributed by atoms with Crippen LogP contribution in [0.1, 0.15) is 6.92 Å². The minimum absolute atomic E-state index is 0.00851. The molecule has 0 unspecified atom stereocenters. The second kappa shape index (κ2) is 11.0. The van der Waals surface area contributed by atoms with Crippen molar-refractivity contribution >= 4 is 21.1 Å². The van der Waals surface area contributed by atoms with Gasteiger partial charge in [0.1, 0.15) is 32.0 Å². The van der Waals surface area contributed by atoms with Gasteiger partial charge in [-0.15, -0.1) is 0 Å². The van der Waals surface area contributed by atoms with Crippen LogP contribution in [-0.2, 0) is 18.6 Å². The summed E-state index contributed by atoms with van der Waals surface area (Å²) in [7, 11) is -8.69.